The van der Waals surface area contributed by atoms with Crippen LogP contribution in [0.4, 0.5) is 13.2 Å². The van der Waals surface area contributed by atoms with Gasteiger partial charge in [0.15, 0.2) is 0 Å². The van der Waals surface area contributed by atoms with Crippen molar-refractivity contribution in [3.8, 4) is 0 Å². The summed E-state index contributed by atoms with van der Waals surface area (Å²) in [6, 6.07) is -0.271. The molecule has 0 aromatic heterocycles. The van der Waals surface area contributed by atoms with Crippen molar-refractivity contribution in [1.29, 1.82) is 0 Å². The maximum absolute atomic E-state index is 12.0. The first-order chi connectivity index (χ1) is 8.10. The summed E-state index contributed by atoms with van der Waals surface area (Å²) in [5, 5.41) is 0. The van der Waals surface area contributed by atoms with Gasteiger partial charge in [0.05, 0.1) is 5.75 Å². The van der Waals surface area contributed by atoms with Crippen LogP contribution in [-0.4, -0.2) is 43.8 Å². The van der Waals surface area contributed by atoms with Gasteiger partial charge >= 0.3 is 6.18 Å². The Morgan fingerprint density at radius 2 is 1.78 bits per heavy atom. The Kier molecular flexibility index (Phi) is 7.16. The summed E-state index contributed by atoms with van der Waals surface area (Å²) in [4.78, 5) is 0. The predicted molar refractivity (Wildman–Crippen MR) is 64.6 cm³/mol. The maximum Gasteiger partial charge on any atom is 0.389 e. The third kappa shape index (κ3) is 7.17. The fraction of sp³-hybridized carbons (Fsp3) is 1.00. The molecule has 0 amide bonds. The number of hydrogen-bond acceptors (Lipinski definition) is 3. The molecule has 0 saturated carbocycles. The number of nitrogens with two attached hydrogens (primary N) is 1. The van der Waals surface area contributed by atoms with Gasteiger partial charge in [-0.2, -0.15) is 17.5 Å². The minimum Gasteiger partial charge on any atom is -0.330 e. The smallest absolute Gasteiger partial charge is 0.330 e. The van der Waals surface area contributed by atoms with E-state index in [-0.39, 0.29) is 12.6 Å². The fourth-order valence-electron chi connectivity index (χ4n) is 1.54. The van der Waals surface area contributed by atoms with E-state index in [0.717, 1.165) is 0 Å². The van der Waals surface area contributed by atoms with Crippen molar-refractivity contribution in [3.05, 3.63) is 0 Å². The predicted octanol–water partition coefficient (Wildman–Crippen LogP) is 1.72. The van der Waals surface area contributed by atoms with Crippen molar-refractivity contribution >= 4 is 10.0 Å². The fourth-order valence-corrected chi connectivity index (χ4v) is 3.33. The Morgan fingerprint density at radius 3 is 2.17 bits per heavy atom. The molecule has 4 nitrogen and oxygen atoms in total. The molecule has 0 aliphatic heterocycles. The lowest BCUT2D eigenvalue weighted by molar-refractivity contribution is -0.134. The van der Waals surface area contributed by atoms with Gasteiger partial charge in [-0.25, -0.2) is 8.42 Å². The van der Waals surface area contributed by atoms with Gasteiger partial charge in [0, 0.05) is 19.0 Å². The Labute approximate surface area is 106 Å². The molecule has 0 aromatic rings. The van der Waals surface area contributed by atoms with Gasteiger partial charge < -0.3 is 5.73 Å². The monoisotopic (exact) mass is 290 g/mol. The summed E-state index contributed by atoms with van der Waals surface area (Å²) in [7, 11) is -3.64. The minimum atomic E-state index is -4.31. The molecule has 0 bridgehead atoms. The zero-order chi connectivity index (χ0) is 14.4. The molecule has 0 aromatic carbocycles. The summed E-state index contributed by atoms with van der Waals surface area (Å²) >= 11 is 0. The molecule has 0 fully saturated rings. The van der Waals surface area contributed by atoms with Crippen molar-refractivity contribution in [2.24, 2.45) is 5.73 Å². The van der Waals surface area contributed by atoms with E-state index >= 15 is 0 Å². The first-order valence-electron chi connectivity index (χ1n) is 5.86. The average molecular weight is 290 g/mol. The van der Waals surface area contributed by atoms with Gasteiger partial charge in [0.1, 0.15) is 0 Å². The van der Waals surface area contributed by atoms with Crippen molar-refractivity contribution in [1.82, 2.24) is 4.31 Å². The maximum atomic E-state index is 12.0. The molecule has 18 heavy (non-hydrogen) atoms. The molecule has 2 N–H and O–H groups in total. The van der Waals surface area contributed by atoms with Crippen molar-refractivity contribution in [2.75, 3.05) is 18.8 Å². The zero-order valence-corrected chi connectivity index (χ0v) is 11.5. The Morgan fingerprint density at radius 1 is 1.22 bits per heavy atom. The molecule has 0 spiro atoms. The van der Waals surface area contributed by atoms with E-state index in [1.54, 1.807) is 13.8 Å². The third-order valence-corrected chi connectivity index (χ3v) is 4.50. The van der Waals surface area contributed by atoms with Gasteiger partial charge in [-0.05, 0) is 33.2 Å². The largest absolute Gasteiger partial charge is 0.389 e. The van der Waals surface area contributed by atoms with E-state index in [9.17, 15) is 21.6 Å². The molecule has 0 unspecified atom stereocenters. The zero-order valence-electron chi connectivity index (χ0n) is 10.7. The Balaban J connectivity index is 4.47. The summed E-state index contributed by atoms with van der Waals surface area (Å²) in [5.41, 5.74) is 5.31. The van der Waals surface area contributed by atoms with Gasteiger partial charge in [-0.1, -0.05) is 0 Å². The number of hydrogen-bond donors (Lipinski definition) is 1. The minimum absolute atomic E-state index is 0.252. The molecule has 0 aliphatic carbocycles. The molecule has 0 saturated heterocycles. The quantitative estimate of drug-likeness (QED) is 0.740. The van der Waals surface area contributed by atoms with E-state index in [4.69, 9.17) is 5.73 Å². The van der Waals surface area contributed by atoms with Crippen LogP contribution in [0.15, 0.2) is 0 Å². The lowest BCUT2D eigenvalue weighted by atomic mass is 10.3. The standard InChI is InChI=1S/C10H21F3N2O2S/c1-9(2)15(7-4-6-14)18(16,17)8-3-5-10(11,12)13/h9H,3-8,14H2,1-2H3. The number of nitrogens with zero attached hydrogens (tertiary/aromatic N) is 1. The van der Waals surface area contributed by atoms with Crippen molar-refractivity contribution < 1.29 is 21.6 Å². The highest BCUT2D eigenvalue weighted by Crippen LogP contribution is 2.22. The van der Waals surface area contributed by atoms with Gasteiger partial charge in [-0.15, -0.1) is 0 Å². The number of rotatable bonds is 8. The molecule has 0 atom stereocenters. The van der Waals surface area contributed by atoms with E-state index in [1.165, 1.54) is 4.31 Å². The summed E-state index contributed by atoms with van der Waals surface area (Å²) in [6.07, 6.45) is -5.29. The van der Waals surface area contributed by atoms with Gasteiger partial charge in [-0.3, -0.25) is 0 Å². The number of alkyl halides is 3. The lowest BCUT2D eigenvalue weighted by Gasteiger charge is -2.25. The molecule has 110 valence electrons. The normalized spacial score (nSPS) is 13.6. The van der Waals surface area contributed by atoms with E-state index < -0.39 is 34.8 Å². The van der Waals surface area contributed by atoms with E-state index in [1.807, 2.05) is 0 Å². The lowest BCUT2D eigenvalue weighted by Crippen LogP contribution is -2.40. The summed E-state index contributed by atoms with van der Waals surface area (Å²) in [6.45, 7) is 3.99. The van der Waals surface area contributed by atoms with E-state index in [0.29, 0.717) is 13.0 Å². The molecule has 8 heteroatoms. The molecule has 0 radical (unpaired) electrons. The second-order valence-electron chi connectivity index (χ2n) is 4.38. The van der Waals surface area contributed by atoms with Crippen LogP contribution in [0.1, 0.15) is 33.1 Å². The van der Waals surface area contributed by atoms with Gasteiger partial charge in [0.25, 0.3) is 0 Å². The highest BCUT2D eigenvalue weighted by atomic mass is 32.2. The Bertz CT molecular complexity index is 329. The molecular formula is C10H21F3N2O2S. The van der Waals surface area contributed by atoms with Crippen molar-refractivity contribution in [2.45, 2.75) is 45.3 Å². The SMILES string of the molecule is CC(C)N(CCCN)S(=O)(=O)CCCC(F)(F)F. The number of halogens is 3. The highest BCUT2D eigenvalue weighted by Gasteiger charge is 2.29. The summed E-state index contributed by atoms with van der Waals surface area (Å²) < 4.78 is 60.9. The average Bonchev–Trinajstić information content (AvgIpc) is 2.14. The Hall–Kier alpha value is -0.340. The second-order valence-corrected chi connectivity index (χ2v) is 6.42. The first kappa shape index (κ1) is 17.7. The highest BCUT2D eigenvalue weighted by molar-refractivity contribution is 7.89. The molecule has 0 heterocycles. The van der Waals surface area contributed by atoms with Crippen LogP contribution in [0.5, 0.6) is 0 Å². The molecular weight excluding hydrogens is 269 g/mol. The van der Waals surface area contributed by atoms with Crippen LogP contribution in [0.25, 0.3) is 0 Å². The topological polar surface area (TPSA) is 63.4 Å². The van der Waals surface area contributed by atoms with Gasteiger partial charge in [0.2, 0.25) is 10.0 Å². The molecule has 0 aliphatic rings. The van der Waals surface area contributed by atoms with Crippen LogP contribution in [-0.2, 0) is 10.0 Å². The first-order valence-corrected chi connectivity index (χ1v) is 7.47. The van der Waals surface area contributed by atoms with E-state index in [2.05, 4.69) is 0 Å². The van der Waals surface area contributed by atoms with Crippen molar-refractivity contribution in [3.63, 3.8) is 0 Å². The molecule has 0 rings (SSSR count). The van der Waals surface area contributed by atoms with Crippen LogP contribution in [0.2, 0.25) is 0 Å². The second kappa shape index (κ2) is 7.30. The van der Waals surface area contributed by atoms with Crippen LogP contribution in [0.3, 0.4) is 0 Å². The van der Waals surface area contributed by atoms with Crippen LogP contribution in [0, 0.1) is 0 Å². The van der Waals surface area contributed by atoms with Crippen LogP contribution >= 0.6 is 0 Å². The number of sulfonamides is 1. The third-order valence-electron chi connectivity index (χ3n) is 2.38. The van der Waals surface area contributed by atoms with Crippen LogP contribution < -0.4 is 5.73 Å². The summed E-state index contributed by atoms with van der Waals surface area (Å²) in [5.74, 6) is -0.477.